The minimum absolute atomic E-state index is 0.101. The summed E-state index contributed by atoms with van der Waals surface area (Å²) in [6.07, 6.45) is -0.101. The molecule has 14 heavy (non-hydrogen) atoms. The van der Waals surface area contributed by atoms with Crippen LogP contribution in [0.5, 0.6) is 0 Å². The number of aromatic nitrogens is 1. The van der Waals surface area contributed by atoms with E-state index in [0.717, 1.165) is 10.9 Å². The molecule has 2 aromatic rings. The Balaban J connectivity index is 2.52. The monoisotopic (exact) mass is 191 g/mol. The SMILES string of the molecule is Cc1ccc2c(CC(=O)O)noc2c1. The molecule has 0 amide bonds. The largest absolute Gasteiger partial charge is 0.481 e. The van der Waals surface area contributed by atoms with E-state index < -0.39 is 5.97 Å². The number of fused-ring (bicyclic) bond motifs is 1. The van der Waals surface area contributed by atoms with Crippen molar-refractivity contribution in [3.63, 3.8) is 0 Å². The smallest absolute Gasteiger partial charge is 0.309 e. The normalized spacial score (nSPS) is 10.6. The maximum absolute atomic E-state index is 10.5. The van der Waals surface area contributed by atoms with Gasteiger partial charge < -0.3 is 9.63 Å². The van der Waals surface area contributed by atoms with E-state index in [4.69, 9.17) is 9.63 Å². The van der Waals surface area contributed by atoms with Crippen LogP contribution in [-0.2, 0) is 11.2 Å². The highest BCUT2D eigenvalue weighted by atomic mass is 16.5. The van der Waals surface area contributed by atoms with Crippen LogP contribution in [-0.4, -0.2) is 16.2 Å². The van der Waals surface area contributed by atoms with Crippen LogP contribution in [0.25, 0.3) is 11.0 Å². The highest BCUT2D eigenvalue weighted by Gasteiger charge is 2.10. The molecule has 0 aliphatic carbocycles. The average Bonchev–Trinajstić information content (AvgIpc) is 2.47. The van der Waals surface area contributed by atoms with Crippen LogP contribution in [0, 0.1) is 6.92 Å². The molecule has 1 heterocycles. The van der Waals surface area contributed by atoms with Crippen LogP contribution in [0.3, 0.4) is 0 Å². The van der Waals surface area contributed by atoms with Gasteiger partial charge in [-0.15, -0.1) is 0 Å². The summed E-state index contributed by atoms with van der Waals surface area (Å²) >= 11 is 0. The molecule has 1 aromatic heterocycles. The summed E-state index contributed by atoms with van der Waals surface area (Å²) in [6.45, 7) is 1.94. The van der Waals surface area contributed by atoms with Gasteiger partial charge in [0.25, 0.3) is 0 Å². The van der Waals surface area contributed by atoms with E-state index in [1.807, 2.05) is 25.1 Å². The van der Waals surface area contributed by atoms with Gasteiger partial charge in [0.2, 0.25) is 0 Å². The second-order valence-corrected chi connectivity index (χ2v) is 3.20. The minimum atomic E-state index is -0.902. The fourth-order valence-electron chi connectivity index (χ4n) is 1.37. The summed E-state index contributed by atoms with van der Waals surface area (Å²) in [5, 5.41) is 13.1. The molecule has 0 aliphatic heterocycles. The van der Waals surface area contributed by atoms with E-state index in [2.05, 4.69) is 5.16 Å². The molecule has 0 fully saturated rings. The van der Waals surface area contributed by atoms with Crippen molar-refractivity contribution in [1.82, 2.24) is 5.16 Å². The van der Waals surface area contributed by atoms with Crippen molar-refractivity contribution in [3.05, 3.63) is 29.5 Å². The topological polar surface area (TPSA) is 63.3 Å². The Labute approximate surface area is 80.1 Å². The summed E-state index contributed by atoms with van der Waals surface area (Å²) < 4.78 is 5.02. The number of carboxylic acid groups (broad SMARTS) is 1. The fourth-order valence-corrected chi connectivity index (χ4v) is 1.37. The first kappa shape index (κ1) is 8.74. The van der Waals surface area contributed by atoms with Crippen LogP contribution >= 0.6 is 0 Å². The molecular formula is C10H9NO3. The molecule has 0 bridgehead atoms. The van der Waals surface area contributed by atoms with E-state index in [0.29, 0.717) is 11.3 Å². The summed E-state index contributed by atoms with van der Waals surface area (Å²) in [7, 11) is 0. The molecule has 0 aliphatic rings. The molecule has 0 unspecified atom stereocenters. The van der Waals surface area contributed by atoms with Crippen molar-refractivity contribution in [2.24, 2.45) is 0 Å². The summed E-state index contributed by atoms with van der Waals surface area (Å²) in [5.41, 5.74) is 2.18. The average molecular weight is 191 g/mol. The highest BCUT2D eigenvalue weighted by molar-refractivity contribution is 5.84. The lowest BCUT2D eigenvalue weighted by molar-refractivity contribution is -0.136. The highest BCUT2D eigenvalue weighted by Crippen LogP contribution is 2.19. The van der Waals surface area contributed by atoms with Crippen LogP contribution in [0.1, 0.15) is 11.3 Å². The Bertz CT molecular complexity index is 487. The van der Waals surface area contributed by atoms with Crippen molar-refractivity contribution in [3.8, 4) is 0 Å². The number of carbonyl (C=O) groups is 1. The number of rotatable bonds is 2. The zero-order chi connectivity index (χ0) is 10.1. The Kier molecular flexibility index (Phi) is 1.96. The second kappa shape index (κ2) is 3.14. The first-order valence-electron chi connectivity index (χ1n) is 4.23. The lowest BCUT2D eigenvalue weighted by Crippen LogP contribution is -2.00. The summed E-state index contributed by atoms with van der Waals surface area (Å²) in [6, 6.07) is 5.58. The molecule has 4 nitrogen and oxygen atoms in total. The van der Waals surface area contributed by atoms with Gasteiger partial charge in [-0.25, -0.2) is 0 Å². The Morgan fingerprint density at radius 1 is 1.57 bits per heavy atom. The fraction of sp³-hybridized carbons (Fsp3) is 0.200. The lowest BCUT2D eigenvalue weighted by Gasteiger charge is -1.91. The predicted molar refractivity (Wildman–Crippen MR) is 50.1 cm³/mol. The molecular weight excluding hydrogens is 182 g/mol. The lowest BCUT2D eigenvalue weighted by atomic mass is 10.1. The number of aryl methyl sites for hydroxylation is 1. The molecule has 4 heteroatoms. The van der Waals surface area contributed by atoms with Crippen molar-refractivity contribution < 1.29 is 14.4 Å². The molecule has 0 radical (unpaired) electrons. The van der Waals surface area contributed by atoms with Crippen LogP contribution < -0.4 is 0 Å². The van der Waals surface area contributed by atoms with Crippen molar-refractivity contribution in [1.29, 1.82) is 0 Å². The number of aliphatic carboxylic acids is 1. The number of hydrogen-bond acceptors (Lipinski definition) is 3. The first-order chi connectivity index (χ1) is 6.66. The van der Waals surface area contributed by atoms with E-state index in [9.17, 15) is 4.79 Å². The van der Waals surface area contributed by atoms with Gasteiger partial charge in [0.15, 0.2) is 5.58 Å². The standard InChI is InChI=1S/C10H9NO3/c1-6-2-3-7-8(5-10(12)13)11-14-9(7)4-6/h2-4H,5H2,1H3,(H,12,13). The van der Waals surface area contributed by atoms with E-state index in [-0.39, 0.29) is 6.42 Å². The third kappa shape index (κ3) is 1.46. The third-order valence-corrected chi connectivity index (χ3v) is 2.02. The van der Waals surface area contributed by atoms with Crippen molar-refractivity contribution in [2.75, 3.05) is 0 Å². The maximum atomic E-state index is 10.5. The molecule has 0 spiro atoms. The van der Waals surface area contributed by atoms with Crippen molar-refractivity contribution >= 4 is 16.9 Å². The van der Waals surface area contributed by atoms with Gasteiger partial charge in [0.05, 0.1) is 6.42 Å². The Morgan fingerprint density at radius 2 is 2.36 bits per heavy atom. The quantitative estimate of drug-likeness (QED) is 0.785. The van der Waals surface area contributed by atoms with Crippen LogP contribution in [0.15, 0.2) is 22.7 Å². The van der Waals surface area contributed by atoms with E-state index in [1.165, 1.54) is 0 Å². The van der Waals surface area contributed by atoms with Gasteiger partial charge in [-0.05, 0) is 24.6 Å². The molecule has 1 aromatic carbocycles. The van der Waals surface area contributed by atoms with Gasteiger partial charge in [0.1, 0.15) is 5.69 Å². The molecule has 72 valence electrons. The zero-order valence-electron chi connectivity index (χ0n) is 7.65. The number of hydrogen-bond donors (Lipinski definition) is 1. The van der Waals surface area contributed by atoms with Crippen molar-refractivity contribution in [2.45, 2.75) is 13.3 Å². The van der Waals surface area contributed by atoms with Gasteiger partial charge in [-0.1, -0.05) is 11.2 Å². The molecule has 2 rings (SSSR count). The Hall–Kier alpha value is -1.84. The van der Waals surface area contributed by atoms with Gasteiger partial charge in [-0.3, -0.25) is 4.79 Å². The molecule has 0 atom stereocenters. The Morgan fingerprint density at radius 3 is 3.07 bits per heavy atom. The van der Waals surface area contributed by atoms with E-state index in [1.54, 1.807) is 0 Å². The third-order valence-electron chi connectivity index (χ3n) is 2.02. The van der Waals surface area contributed by atoms with Gasteiger partial charge in [-0.2, -0.15) is 0 Å². The second-order valence-electron chi connectivity index (χ2n) is 3.20. The first-order valence-corrected chi connectivity index (χ1v) is 4.23. The number of benzene rings is 1. The van der Waals surface area contributed by atoms with Crippen LogP contribution in [0.2, 0.25) is 0 Å². The van der Waals surface area contributed by atoms with Gasteiger partial charge in [0, 0.05) is 5.39 Å². The maximum Gasteiger partial charge on any atom is 0.309 e. The number of nitrogens with zero attached hydrogens (tertiary/aromatic N) is 1. The van der Waals surface area contributed by atoms with Crippen LogP contribution in [0.4, 0.5) is 0 Å². The van der Waals surface area contributed by atoms with E-state index >= 15 is 0 Å². The zero-order valence-corrected chi connectivity index (χ0v) is 7.65. The summed E-state index contributed by atoms with van der Waals surface area (Å²) in [4.78, 5) is 10.5. The van der Waals surface area contributed by atoms with Gasteiger partial charge >= 0.3 is 5.97 Å². The summed E-state index contributed by atoms with van der Waals surface area (Å²) in [5.74, 6) is -0.902. The predicted octanol–water partition coefficient (Wildman–Crippen LogP) is 1.76. The molecule has 0 saturated heterocycles. The minimum Gasteiger partial charge on any atom is -0.481 e. The number of carboxylic acids is 1. The molecule has 1 N–H and O–H groups in total. The molecule has 0 saturated carbocycles.